The Balaban J connectivity index is 2.14. The molecule has 1 N–H and O–H groups in total. The summed E-state index contributed by atoms with van der Waals surface area (Å²) in [6.45, 7) is 0. The first-order chi connectivity index (χ1) is 7.72. The highest BCUT2D eigenvalue weighted by molar-refractivity contribution is 5.82. The van der Waals surface area contributed by atoms with Crippen molar-refractivity contribution >= 4 is 11.6 Å². The minimum Gasteiger partial charge on any atom is -0.481 e. The Morgan fingerprint density at radius 2 is 2.31 bits per heavy atom. The molecule has 5 heteroatoms. The Hall–Kier alpha value is -1.91. The van der Waals surface area contributed by atoms with Gasteiger partial charge in [0.15, 0.2) is 5.65 Å². The zero-order valence-electron chi connectivity index (χ0n) is 8.63. The van der Waals surface area contributed by atoms with Crippen LogP contribution >= 0.6 is 0 Å². The van der Waals surface area contributed by atoms with Gasteiger partial charge in [-0.05, 0) is 12.8 Å². The van der Waals surface area contributed by atoms with Gasteiger partial charge in [-0.2, -0.15) is 5.10 Å². The molecule has 5 nitrogen and oxygen atoms in total. The molecule has 82 valence electrons. The molecule has 2 aromatic rings. The number of carbonyl (C=O) groups is 1. The number of nitrogens with zero attached hydrogens (tertiary/aromatic N) is 3. The first-order valence-corrected chi connectivity index (χ1v) is 5.26. The molecule has 2 heterocycles. The smallest absolute Gasteiger partial charge is 0.314 e. The molecule has 0 aromatic carbocycles. The quantitative estimate of drug-likeness (QED) is 0.821. The largest absolute Gasteiger partial charge is 0.481 e. The van der Waals surface area contributed by atoms with E-state index in [9.17, 15) is 9.90 Å². The summed E-state index contributed by atoms with van der Waals surface area (Å²) in [5.41, 5.74) is 0.763. The average Bonchev–Trinajstić information content (AvgIpc) is 2.62. The Labute approximate surface area is 91.7 Å². The fraction of sp³-hybridized carbons (Fsp3) is 0.364. The normalized spacial score (nSPS) is 18.2. The lowest BCUT2D eigenvalue weighted by Crippen LogP contribution is -2.42. The molecule has 1 fully saturated rings. The van der Waals surface area contributed by atoms with E-state index in [0.717, 1.165) is 17.6 Å². The van der Waals surface area contributed by atoms with Crippen molar-refractivity contribution in [3.63, 3.8) is 0 Å². The summed E-state index contributed by atoms with van der Waals surface area (Å²) in [5, 5.41) is 13.4. The van der Waals surface area contributed by atoms with Crippen LogP contribution in [0.1, 0.15) is 24.8 Å². The van der Waals surface area contributed by atoms with Gasteiger partial charge in [0.1, 0.15) is 0 Å². The van der Waals surface area contributed by atoms with Crippen molar-refractivity contribution in [3.8, 4) is 0 Å². The molecule has 0 atom stereocenters. The second-order valence-electron chi connectivity index (χ2n) is 4.22. The van der Waals surface area contributed by atoms with Crippen LogP contribution in [-0.2, 0) is 10.2 Å². The van der Waals surface area contributed by atoms with Gasteiger partial charge < -0.3 is 5.11 Å². The molecule has 1 aliphatic carbocycles. The first-order valence-electron chi connectivity index (χ1n) is 5.26. The zero-order valence-corrected chi connectivity index (χ0v) is 8.63. The molecule has 3 rings (SSSR count). The lowest BCUT2D eigenvalue weighted by molar-refractivity contribution is -0.147. The van der Waals surface area contributed by atoms with Crippen molar-refractivity contribution in [2.24, 2.45) is 0 Å². The van der Waals surface area contributed by atoms with Gasteiger partial charge in [-0.25, -0.2) is 9.50 Å². The van der Waals surface area contributed by atoms with Gasteiger partial charge in [0.2, 0.25) is 0 Å². The maximum Gasteiger partial charge on any atom is 0.314 e. The fourth-order valence-corrected chi connectivity index (χ4v) is 2.21. The van der Waals surface area contributed by atoms with E-state index in [-0.39, 0.29) is 0 Å². The van der Waals surface area contributed by atoms with E-state index in [1.54, 1.807) is 29.2 Å². The Morgan fingerprint density at radius 3 is 2.94 bits per heavy atom. The molecule has 2 aromatic heterocycles. The number of rotatable bonds is 2. The number of hydrogen-bond acceptors (Lipinski definition) is 3. The molecule has 0 bridgehead atoms. The molecule has 0 amide bonds. The number of aliphatic carboxylic acids is 1. The lowest BCUT2D eigenvalue weighted by atomic mass is 9.65. The summed E-state index contributed by atoms with van der Waals surface area (Å²) in [7, 11) is 0. The predicted molar refractivity (Wildman–Crippen MR) is 56.2 cm³/mol. The van der Waals surface area contributed by atoms with Crippen LogP contribution in [0.2, 0.25) is 0 Å². The maximum atomic E-state index is 11.3. The fourth-order valence-electron chi connectivity index (χ4n) is 2.21. The van der Waals surface area contributed by atoms with E-state index >= 15 is 0 Å². The van der Waals surface area contributed by atoms with E-state index in [1.807, 2.05) is 0 Å². The van der Waals surface area contributed by atoms with Crippen LogP contribution < -0.4 is 0 Å². The minimum absolute atomic E-state index is 0.691. The molecule has 0 spiro atoms. The molecular weight excluding hydrogens is 206 g/mol. The maximum absolute atomic E-state index is 11.3. The Kier molecular flexibility index (Phi) is 1.77. The third-order valence-electron chi connectivity index (χ3n) is 3.42. The summed E-state index contributed by atoms with van der Waals surface area (Å²) in [4.78, 5) is 15.5. The van der Waals surface area contributed by atoms with Gasteiger partial charge in [-0.15, -0.1) is 0 Å². The summed E-state index contributed by atoms with van der Waals surface area (Å²) >= 11 is 0. The third-order valence-corrected chi connectivity index (χ3v) is 3.42. The minimum atomic E-state index is -0.757. The SMILES string of the molecule is O=C(O)C1(c2cnc3ccnn3c2)CCC1. The molecular formula is C11H11N3O2. The molecule has 1 aliphatic rings. The number of carboxylic acid groups (broad SMARTS) is 1. The van der Waals surface area contributed by atoms with E-state index in [0.29, 0.717) is 12.8 Å². The van der Waals surface area contributed by atoms with Crippen molar-refractivity contribution in [2.75, 3.05) is 0 Å². The zero-order chi connectivity index (χ0) is 11.2. The van der Waals surface area contributed by atoms with Crippen LogP contribution in [0.4, 0.5) is 0 Å². The third kappa shape index (κ3) is 1.08. The van der Waals surface area contributed by atoms with Crippen LogP contribution in [0.15, 0.2) is 24.7 Å². The van der Waals surface area contributed by atoms with E-state index < -0.39 is 11.4 Å². The monoisotopic (exact) mass is 217 g/mol. The van der Waals surface area contributed by atoms with Crippen LogP contribution in [0.3, 0.4) is 0 Å². The van der Waals surface area contributed by atoms with E-state index in [4.69, 9.17) is 0 Å². The highest BCUT2D eigenvalue weighted by Crippen LogP contribution is 2.43. The average molecular weight is 217 g/mol. The standard InChI is InChI=1S/C11H11N3O2/c15-10(16)11(3-1-4-11)8-6-12-9-2-5-13-14(9)7-8/h2,5-7H,1,3-4H2,(H,15,16). The van der Waals surface area contributed by atoms with Gasteiger partial charge in [0, 0.05) is 24.0 Å². The van der Waals surface area contributed by atoms with Gasteiger partial charge in [0.05, 0.1) is 11.6 Å². The summed E-state index contributed by atoms with van der Waals surface area (Å²) in [6, 6.07) is 1.79. The van der Waals surface area contributed by atoms with Gasteiger partial charge >= 0.3 is 5.97 Å². The summed E-state index contributed by atoms with van der Waals surface area (Å²) in [6.07, 6.45) is 7.43. The molecule has 0 radical (unpaired) electrons. The molecule has 1 saturated carbocycles. The van der Waals surface area contributed by atoms with Crippen molar-refractivity contribution in [1.29, 1.82) is 0 Å². The van der Waals surface area contributed by atoms with Crippen LogP contribution in [0.5, 0.6) is 0 Å². The lowest BCUT2D eigenvalue weighted by Gasteiger charge is -2.37. The van der Waals surface area contributed by atoms with Crippen LogP contribution in [0.25, 0.3) is 5.65 Å². The van der Waals surface area contributed by atoms with E-state index in [2.05, 4.69) is 10.1 Å². The molecule has 0 unspecified atom stereocenters. The second-order valence-corrected chi connectivity index (χ2v) is 4.22. The number of hydrogen-bond donors (Lipinski definition) is 1. The predicted octanol–water partition coefficient (Wildman–Crippen LogP) is 1.24. The number of carboxylic acids is 1. The van der Waals surface area contributed by atoms with Crippen molar-refractivity contribution < 1.29 is 9.90 Å². The van der Waals surface area contributed by atoms with Gasteiger partial charge in [-0.1, -0.05) is 6.42 Å². The van der Waals surface area contributed by atoms with Gasteiger partial charge in [-0.3, -0.25) is 4.79 Å². The Morgan fingerprint density at radius 1 is 1.50 bits per heavy atom. The first kappa shape index (κ1) is 9.33. The molecule has 0 aliphatic heterocycles. The van der Waals surface area contributed by atoms with Crippen LogP contribution in [0, 0.1) is 0 Å². The van der Waals surface area contributed by atoms with E-state index in [1.165, 1.54) is 0 Å². The second kappa shape index (κ2) is 3.04. The summed E-state index contributed by atoms with van der Waals surface area (Å²) < 4.78 is 1.62. The van der Waals surface area contributed by atoms with Crippen LogP contribution in [-0.4, -0.2) is 25.7 Å². The molecule has 0 saturated heterocycles. The van der Waals surface area contributed by atoms with Crippen molar-refractivity contribution in [1.82, 2.24) is 14.6 Å². The molecule has 16 heavy (non-hydrogen) atoms. The topological polar surface area (TPSA) is 67.5 Å². The number of aromatic nitrogens is 3. The highest BCUT2D eigenvalue weighted by atomic mass is 16.4. The van der Waals surface area contributed by atoms with Gasteiger partial charge in [0.25, 0.3) is 0 Å². The Bertz CT molecular complexity index is 557. The van der Waals surface area contributed by atoms with Crippen molar-refractivity contribution in [3.05, 3.63) is 30.2 Å². The highest BCUT2D eigenvalue weighted by Gasteiger charge is 2.46. The summed E-state index contributed by atoms with van der Waals surface area (Å²) in [5.74, 6) is -0.757. The number of fused-ring (bicyclic) bond motifs is 1. The van der Waals surface area contributed by atoms with Crippen molar-refractivity contribution in [2.45, 2.75) is 24.7 Å².